The summed E-state index contributed by atoms with van der Waals surface area (Å²) in [6, 6.07) is 21.1. The van der Waals surface area contributed by atoms with Crippen LogP contribution in [-0.4, -0.2) is 25.9 Å². The molecular weight excluding hydrogens is 378 g/mol. The van der Waals surface area contributed by atoms with Crippen LogP contribution in [0, 0.1) is 0 Å². The predicted molar refractivity (Wildman–Crippen MR) is 113 cm³/mol. The van der Waals surface area contributed by atoms with Crippen LogP contribution in [0.5, 0.6) is 11.5 Å². The van der Waals surface area contributed by atoms with Gasteiger partial charge in [-0.25, -0.2) is 0 Å². The van der Waals surface area contributed by atoms with Crippen molar-refractivity contribution in [3.8, 4) is 22.8 Å². The molecular formula is C23H21N5O2. The quantitative estimate of drug-likeness (QED) is 0.487. The molecule has 0 fully saturated rings. The van der Waals surface area contributed by atoms with E-state index in [2.05, 4.69) is 20.6 Å². The minimum atomic E-state index is -0.0435. The van der Waals surface area contributed by atoms with Crippen LogP contribution in [0.4, 0.5) is 0 Å². The molecule has 1 N–H and O–H groups in total. The Balaban J connectivity index is 1.23. The molecule has 0 atom stereocenters. The maximum atomic E-state index is 12.2. The molecule has 30 heavy (non-hydrogen) atoms. The number of para-hydroxylation sites is 1. The Hall–Kier alpha value is -4.00. The molecule has 2 aromatic heterocycles. The number of carbonyl (C=O) groups excluding carboxylic acids is 1. The zero-order chi connectivity index (χ0) is 20.6. The summed E-state index contributed by atoms with van der Waals surface area (Å²) in [5.74, 6) is 1.50. The van der Waals surface area contributed by atoms with Crippen molar-refractivity contribution in [3.63, 3.8) is 0 Å². The van der Waals surface area contributed by atoms with Crippen LogP contribution in [0.1, 0.15) is 12.0 Å². The fourth-order valence-corrected chi connectivity index (χ4v) is 2.86. The molecule has 7 nitrogen and oxygen atoms in total. The third-order valence-electron chi connectivity index (χ3n) is 4.46. The topological polar surface area (TPSA) is 81.9 Å². The van der Waals surface area contributed by atoms with Crippen LogP contribution in [0.3, 0.4) is 0 Å². The first-order chi connectivity index (χ1) is 14.8. The monoisotopic (exact) mass is 399 g/mol. The van der Waals surface area contributed by atoms with Crippen molar-refractivity contribution in [2.24, 2.45) is 0 Å². The molecule has 4 rings (SSSR count). The molecule has 0 saturated carbocycles. The van der Waals surface area contributed by atoms with E-state index in [4.69, 9.17) is 4.74 Å². The summed E-state index contributed by atoms with van der Waals surface area (Å²) in [5.41, 5.74) is 2.64. The molecule has 0 aliphatic carbocycles. The number of nitrogens with one attached hydrogen (secondary N) is 1. The molecule has 1 amide bonds. The molecule has 7 heteroatoms. The number of nitrogens with zero attached hydrogens (tertiary/aromatic N) is 4. The van der Waals surface area contributed by atoms with Crippen molar-refractivity contribution in [1.82, 2.24) is 25.3 Å². The van der Waals surface area contributed by atoms with Crippen molar-refractivity contribution in [1.29, 1.82) is 0 Å². The van der Waals surface area contributed by atoms with Crippen LogP contribution >= 0.6 is 0 Å². The van der Waals surface area contributed by atoms with Crippen molar-refractivity contribution in [2.45, 2.75) is 19.5 Å². The number of benzene rings is 2. The SMILES string of the molecule is O=C(CCn1cc(-c2cccnc2)nn1)NCc1ccc(Oc2ccccc2)cc1. The van der Waals surface area contributed by atoms with E-state index in [9.17, 15) is 4.79 Å². The number of amides is 1. The Bertz CT molecular complexity index is 1080. The van der Waals surface area contributed by atoms with Crippen LogP contribution in [0.25, 0.3) is 11.3 Å². The summed E-state index contributed by atoms with van der Waals surface area (Å²) < 4.78 is 7.44. The standard InChI is InChI=1S/C23H21N5O2/c29-23(12-14-28-17-22(26-27-28)19-5-4-13-24-16-19)25-15-18-8-10-21(11-9-18)30-20-6-2-1-3-7-20/h1-11,13,16-17H,12,14-15H2,(H,25,29). The molecule has 0 bridgehead atoms. The predicted octanol–water partition coefficient (Wildman–Crippen LogP) is 3.84. The lowest BCUT2D eigenvalue weighted by Gasteiger charge is -2.08. The van der Waals surface area contributed by atoms with Crippen molar-refractivity contribution < 1.29 is 9.53 Å². The highest BCUT2D eigenvalue weighted by Gasteiger charge is 2.07. The molecule has 0 spiro atoms. The zero-order valence-electron chi connectivity index (χ0n) is 16.3. The minimum Gasteiger partial charge on any atom is -0.457 e. The third-order valence-corrected chi connectivity index (χ3v) is 4.46. The number of hydrogen-bond acceptors (Lipinski definition) is 5. The molecule has 0 unspecified atom stereocenters. The van der Waals surface area contributed by atoms with E-state index < -0.39 is 0 Å². The summed E-state index contributed by atoms with van der Waals surface area (Å²) in [6.07, 6.45) is 5.58. The highest BCUT2D eigenvalue weighted by molar-refractivity contribution is 5.75. The van der Waals surface area contributed by atoms with Gasteiger partial charge in [-0.3, -0.25) is 14.5 Å². The summed E-state index contributed by atoms with van der Waals surface area (Å²) >= 11 is 0. The van der Waals surface area contributed by atoms with Crippen molar-refractivity contribution in [3.05, 3.63) is 90.9 Å². The first kappa shape index (κ1) is 19.3. The second-order valence-corrected chi connectivity index (χ2v) is 6.69. The molecule has 0 radical (unpaired) electrons. The van der Waals surface area contributed by atoms with E-state index in [1.165, 1.54) is 0 Å². The Morgan fingerprint density at radius 1 is 0.967 bits per heavy atom. The van der Waals surface area contributed by atoms with Crippen molar-refractivity contribution in [2.75, 3.05) is 0 Å². The van der Waals surface area contributed by atoms with Gasteiger partial charge in [-0.2, -0.15) is 0 Å². The molecule has 0 aliphatic heterocycles. The Morgan fingerprint density at radius 2 is 1.77 bits per heavy atom. The molecule has 0 aliphatic rings. The van der Waals surface area contributed by atoms with Crippen LogP contribution in [0.15, 0.2) is 85.3 Å². The average molecular weight is 399 g/mol. The fourth-order valence-electron chi connectivity index (χ4n) is 2.86. The largest absolute Gasteiger partial charge is 0.457 e. The summed E-state index contributed by atoms with van der Waals surface area (Å²) in [7, 11) is 0. The third kappa shape index (κ3) is 5.29. The average Bonchev–Trinajstić information content (AvgIpc) is 3.28. The first-order valence-electron chi connectivity index (χ1n) is 9.65. The van der Waals surface area contributed by atoms with Gasteiger partial charge in [-0.05, 0) is 42.0 Å². The summed E-state index contributed by atoms with van der Waals surface area (Å²) in [5, 5.41) is 11.1. The number of hydrogen-bond donors (Lipinski definition) is 1. The lowest BCUT2D eigenvalue weighted by atomic mass is 10.2. The van der Waals surface area contributed by atoms with Gasteiger partial charge in [0, 0.05) is 30.9 Å². The van der Waals surface area contributed by atoms with E-state index in [0.29, 0.717) is 19.5 Å². The second-order valence-electron chi connectivity index (χ2n) is 6.69. The number of aromatic nitrogens is 4. The van der Waals surface area contributed by atoms with Gasteiger partial charge in [0.2, 0.25) is 5.91 Å². The van der Waals surface area contributed by atoms with Gasteiger partial charge in [0.1, 0.15) is 17.2 Å². The second kappa shape index (κ2) is 9.47. The smallest absolute Gasteiger partial charge is 0.222 e. The fraction of sp³-hybridized carbons (Fsp3) is 0.130. The maximum absolute atomic E-state index is 12.2. The number of aryl methyl sites for hydroxylation is 1. The van der Waals surface area contributed by atoms with Gasteiger partial charge < -0.3 is 10.1 Å². The first-order valence-corrected chi connectivity index (χ1v) is 9.65. The van der Waals surface area contributed by atoms with Crippen molar-refractivity contribution >= 4 is 5.91 Å². The van der Waals surface area contributed by atoms with E-state index in [1.807, 2.05) is 72.9 Å². The molecule has 2 aromatic carbocycles. The number of ether oxygens (including phenoxy) is 1. The van der Waals surface area contributed by atoms with E-state index in [0.717, 1.165) is 28.3 Å². The molecule has 150 valence electrons. The van der Waals surface area contributed by atoms with Gasteiger partial charge in [-0.15, -0.1) is 5.10 Å². The molecule has 4 aromatic rings. The van der Waals surface area contributed by atoms with Crippen LogP contribution in [0.2, 0.25) is 0 Å². The van der Waals surface area contributed by atoms with Gasteiger partial charge >= 0.3 is 0 Å². The summed E-state index contributed by atoms with van der Waals surface area (Å²) in [4.78, 5) is 16.2. The molecule has 2 heterocycles. The summed E-state index contributed by atoms with van der Waals surface area (Å²) in [6.45, 7) is 0.922. The zero-order valence-corrected chi connectivity index (χ0v) is 16.3. The minimum absolute atomic E-state index is 0.0435. The maximum Gasteiger partial charge on any atom is 0.222 e. The van der Waals surface area contributed by atoms with E-state index in [-0.39, 0.29) is 5.91 Å². The highest BCUT2D eigenvalue weighted by atomic mass is 16.5. The van der Waals surface area contributed by atoms with Gasteiger partial charge in [0.15, 0.2) is 0 Å². The Labute approximate surface area is 174 Å². The van der Waals surface area contributed by atoms with Gasteiger partial charge in [0.25, 0.3) is 0 Å². The van der Waals surface area contributed by atoms with E-state index >= 15 is 0 Å². The van der Waals surface area contributed by atoms with E-state index in [1.54, 1.807) is 17.1 Å². The lowest BCUT2D eigenvalue weighted by molar-refractivity contribution is -0.121. The Kier molecular flexibility index (Phi) is 6.10. The van der Waals surface area contributed by atoms with Gasteiger partial charge in [-0.1, -0.05) is 35.5 Å². The Morgan fingerprint density at radius 3 is 2.53 bits per heavy atom. The number of carbonyl (C=O) groups is 1. The normalized spacial score (nSPS) is 10.5. The molecule has 0 saturated heterocycles. The van der Waals surface area contributed by atoms with Crippen LogP contribution in [-0.2, 0) is 17.9 Å². The number of pyridine rings is 1. The lowest BCUT2D eigenvalue weighted by Crippen LogP contribution is -2.24. The number of rotatable bonds is 8. The highest BCUT2D eigenvalue weighted by Crippen LogP contribution is 2.21. The van der Waals surface area contributed by atoms with Gasteiger partial charge in [0.05, 0.1) is 12.7 Å². The van der Waals surface area contributed by atoms with Crippen LogP contribution < -0.4 is 10.1 Å².